The van der Waals surface area contributed by atoms with E-state index in [1.807, 2.05) is 13.8 Å². The Morgan fingerprint density at radius 2 is 1.03 bits per heavy atom. The Bertz CT molecular complexity index is 2920. The number of fused-ring (bicyclic) bond motifs is 2. The van der Waals surface area contributed by atoms with Gasteiger partial charge in [-0.2, -0.15) is 0 Å². The second-order valence-electron chi connectivity index (χ2n) is 22.8. The lowest BCUT2D eigenvalue weighted by Crippen LogP contribution is -2.40. The van der Waals surface area contributed by atoms with Crippen LogP contribution in [0.3, 0.4) is 0 Å². The zero-order valence-electron chi connectivity index (χ0n) is 45.7. The molecule has 4 aromatic rings. The molecular formula is C52H78N4O12S4Si. The fourth-order valence-electron chi connectivity index (χ4n) is 8.75. The number of aliphatic hydroxyl groups is 3. The van der Waals surface area contributed by atoms with Crippen molar-refractivity contribution in [2.24, 2.45) is 0 Å². The SMILES string of the molecule is CC(C)c1cc2c(c(C(C)C)c1CC(=O)NS(=O)(=O)c1sc(C(C)(C)O)nc1CO)COC2.CC(C)c1cc2c(c(C(C)C)c1CC(=O)NS(=O)(=O)c1sc(C(C)(C)O)nc1CO[Si](C)(C)C(C)(C)C)COC2. The molecule has 0 fully saturated rings. The Balaban J connectivity index is 0.000000276. The van der Waals surface area contributed by atoms with Crippen molar-refractivity contribution in [3.63, 3.8) is 0 Å². The standard InChI is InChI=1S/C29H46N2O6S2Si.C23H32N2O6S2/c1-17(2)20-12-19-14-36-15-22(19)25(18(3)4)21(20)13-24(32)31-39(34,35)26-23(30-27(38-26)29(8,9)33)16-37-40(10,11)28(5,6)7;1-12(2)15-7-14-10-31-11-17(14)20(13(3)4)16(15)8-19(27)25-33(29,30)21-18(9-26)24-22(32-21)23(5,6)28/h12,17-18,33H,13-16H2,1-11H3,(H,31,32);7,12-13,26,28H,8-11H2,1-6H3,(H,25,27). The molecule has 0 unspecified atom stereocenters. The van der Waals surface area contributed by atoms with E-state index in [9.17, 15) is 41.7 Å². The van der Waals surface area contributed by atoms with Gasteiger partial charge in [0.1, 0.15) is 21.2 Å². The summed E-state index contributed by atoms with van der Waals surface area (Å²) >= 11 is 1.61. The molecular weight excluding hydrogens is 1030 g/mol. The number of thiazole rings is 2. The lowest BCUT2D eigenvalue weighted by atomic mass is 9.82. The molecule has 2 aliphatic rings. The largest absolute Gasteiger partial charge is 0.411 e. The number of amides is 2. The molecule has 5 N–H and O–H groups in total. The van der Waals surface area contributed by atoms with E-state index in [0.29, 0.717) is 26.4 Å². The highest BCUT2D eigenvalue weighted by Gasteiger charge is 2.39. The second-order valence-corrected chi connectivity index (χ2v) is 33.4. The zero-order valence-corrected chi connectivity index (χ0v) is 49.9. The minimum atomic E-state index is -4.28. The highest BCUT2D eigenvalue weighted by atomic mass is 32.3. The van der Waals surface area contributed by atoms with E-state index in [1.165, 1.54) is 13.8 Å². The Labute approximate surface area is 442 Å². The van der Waals surface area contributed by atoms with Crippen LogP contribution in [0.1, 0.15) is 205 Å². The molecule has 0 aliphatic carbocycles. The summed E-state index contributed by atoms with van der Waals surface area (Å²) in [6.45, 7) is 34.4. The van der Waals surface area contributed by atoms with Crippen LogP contribution in [0, 0.1) is 0 Å². The van der Waals surface area contributed by atoms with Crippen molar-refractivity contribution in [2.75, 3.05) is 0 Å². The Kier molecular flexibility index (Phi) is 18.7. The maximum atomic E-state index is 13.6. The number of carbonyl (C=O) groups excluding carboxylic acids is 2. The molecule has 2 aliphatic heterocycles. The van der Waals surface area contributed by atoms with Crippen LogP contribution in [0.25, 0.3) is 0 Å². The topological polar surface area (TPSA) is 241 Å². The third kappa shape index (κ3) is 13.9. The van der Waals surface area contributed by atoms with E-state index in [1.54, 1.807) is 13.8 Å². The highest BCUT2D eigenvalue weighted by Crippen LogP contribution is 2.41. The molecule has 0 bridgehead atoms. The van der Waals surface area contributed by atoms with Crippen molar-refractivity contribution in [1.29, 1.82) is 0 Å². The molecule has 0 radical (unpaired) electrons. The summed E-state index contributed by atoms with van der Waals surface area (Å²) in [5, 5.41) is 30.7. The predicted molar refractivity (Wildman–Crippen MR) is 287 cm³/mol. The molecule has 16 nitrogen and oxygen atoms in total. The van der Waals surface area contributed by atoms with Crippen LogP contribution in [-0.4, -0.2) is 62.3 Å². The summed E-state index contributed by atoms with van der Waals surface area (Å²) in [6.07, 6.45) is -0.167. The van der Waals surface area contributed by atoms with Gasteiger partial charge in [0.2, 0.25) is 11.8 Å². The highest BCUT2D eigenvalue weighted by molar-refractivity contribution is 7.92. The fraction of sp³-hybridized carbons (Fsp3) is 0.615. The molecule has 0 spiro atoms. The van der Waals surface area contributed by atoms with Crippen LogP contribution in [-0.2, 0) is 107 Å². The first-order valence-corrected chi connectivity index (χ1v) is 32.2. The van der Waals surface area contributed by atoms with Gasteiger partial charge in [0, 0.05) is 0 Å². The number of hydrogen-bond acceptors (Lipinski definition) is 16. The van der Waals surface area contributed by atoms with Crippen molar-refractivity contribution in [3.05, 3.63) is 89.2 Å². The summed E-state index contributed by atoms with van der Waals surface area (Å²) in [6, 6.07) is 4.17. The van der Waals surface area contributed by atoms with Gasteiger partial charge in [-0.05, 0) is 125 Å². The number of nitrogens with one attached hydrogen (secondary N) is 2. The van der Waals surface area contributed by atoms with Crippen molar-refractivity contribution >= 4 is 62.9 Å². The van der Waals surface area contributed by atoms with E-state index < -0.39 is 58.0 Å². The number of hydrogen-bond donors (Lipinski definition) is 5. The first-order chi connectivity index (χ1) is 33.4. The molecule has 406 valence electrons. The number of aromatic nitrogens is 2. The van der Waals surface area contributed by atoms with E-state index in [2.05, 4.69) is 107 Å². The molecule has 0 atom stereocenters. The van der Waals surface area contributed by atoms with Crippen LogP contribution < -0.4 is 9.44 Å². The van der Waals surface area contributed by atoms with Crippen LogP contribution in [0.5, 0.6) is 0 Å². The van der Waals surface area contributed by atoms with E-state index in [-0.39, 0.29) is 78.0 Å². The number of aliphatic hydroxyl groups excluding tert-OH is 1. The first-order valence-electron chi connectivity index (χ1n) is 24.7. The number of benzene rings is 2. The summed E-state index contributed by atoms with van der Waals surface area (Å²) in [4.78, 5) is 34.9. The van der Waals surface area contributed by atoms with E-state index in [0.717, 1.165) is 78.3 Å². The molecule has 6 rings (SSSR count). The normalized spacial score (nSPS) is 14.5. The average molecular weight is 1110 g/mol. The van der Waals surface area contributed by atoms with Gasteiger partial charge < -0.3 is 29.2 Å². The molecule has 2 aromatic carbocycles. The fourth-order valence-corrected chi connectivity index (χ4v) is 14.7. The van der Waals surface area contributed by atoms with Crippen molar-refractivity contribution in [1.82, 2.24) is 19.4 Å². The number of sulfonamides is 2. The number of carbonyl (C=O) groups is 2. The Hall–Kier alpha value is -3.48. The molecule has 2 aromatic heterocycles. The summed E-state index contributed by atoms with van der Waals surface area (Å²) in [7, 11) is -10.8. The molecule has 4 heterocycles. The van der Waals surface area contributed by atoms with Gasteiger partial charge in [-0.15, -0.1) is 22.7 Å². The molecule has 21 heteroatoms. The van der Waals surface area contributed by atoms with Gasteiger partial charge >= 0.3 is 0 Å². The number of rotatable bonds is 18. The van der Waals surface area contributed by atoms with Gasteiger partial charge in [-0.25, -0.2) is 36.2 Å². The van der Waals surface area contributed by atoms with Gasteiger partial charge in [-0.3, -0.25) is 9.59 Å². The maximum absolute atomic E-state index is 13.6. The minimum absolute atomic E-state index is 0.0205. The van der Waals surface area contributed by atoms with Crippen molar-refractivity contribution in [2.45, 2.75) is 218 Å². The smallest absolute Gasteiger partial charge is 0.275 e. The van der Waals surface area contributed by atoms with Crippen molar-refractivity contribution < 1.29 is 55.6 Å². The van der Waals surface area contributed by atoms with Gasteiger partial charge in [0.05, 0.1) is 63.9 Å². The van der Waals surface area contributed by atoms with Crippen molar-refractivity contribution in [3.8, 4) is 0 Å². The summed E-state index contributed by atoms with van der Waals surface area (Å²) in [5.74, 6) is -0.710. The minimum Gasteiger partial charge on any atom is -0.411 e. The van der Waals surface area contributed by atoms with Gasteiger partial charge in [0.15, 0.2) is 16.7 Å². The molecule has 73 heavy (non-hydrogen) atoms. The lowest BCUT2D eigenvalue weighted by Gasteiger charge is -2.36. The summed E-state index contributed by atoms with van der Waals surface area (Å²) in [5.41, 5.74) is 7.67. The lowest BCUT2D eigenvalue weighted by molar-refractivity contribution is -0.119. The van der Waals surface area contributed by atoms with Crippen LogP contribution in [0.15, 0.2) is 20.6 Å². The van der Waals surface area contributed by atoms with E-state index in [4.69, 9.17) is 13.9 Å². The molecule has 0 saturated carbocycles. The average Bonchev–Trinajstić information content (AvgIpc) is 4.07. The zero-order chi connectivity index (χ0) is 55.1. The third-order valence-corrected chi connectivity index (χ3v) is 24.5. The second kappa shape index (κ2) is 22.6. The third-order valence-electron chi connectivity index (χ3n) is 13.4. The maximum Gasteiger partial charge on any atom is 0.275 e. The summed E-state index contributed by atoms with van der Waals surface area (Å²) < 4.78 is 75.0. The van der Waals surface area contributed by atoms with Gasteiger partial charge in [0.25, 0.3) is 20.0 Å². The monoisotopic (exact) mass is 1110 g/mol. The Morgan fingerprint density at radius 3 is 1.36 bits per heavy atom. The van der Waals surface area contributed by atoms with Crippen LogP contribution in [0.2, 0.25) is 18.1 Å². The molecule has 2 amide bonds. The van der Waals surface area contributed by atoms with Crippen LogP contribution >= 0.6 is 22.7 Å². The predicted octanol–water partition coefficient (Wildman–Crippen LogP) is 9.40. The first kappa shape index (κ1) is 60.4. The van der Waals surface area contributed by atoms with Gasteiger partial charge in [-0.1, -0.05) is 88.3 Å². The quantitative estimate of drug-likeness (QED) is 0.0584. The molecule has 0 saturated heterocycles. The van der Waals surface area contributed by atoms with E-state index >= 15 is 0 Å². The number of nitrogens with zero attached hydrogens (tertiary/aromatic N) is 2. The number of ether oxygens (including phenoxy) is 2. The Morgan fingerprint density at radius 1 is 0.658 bits per heavy atom. The van der Waals surface area contributed by atoms with Crippen LogP contribution in [0.4, 0.5) is 0 Å².